The van der Waals surface area contributed by atoms with Crippen LogP contribution < -0.4 is 5.32 Å². The van der Waals surface area contributed by atoms with Crippen molar-refractivity contribution in [1.29, 1.82) is 0 Å². The Balaban J connectivity index is 2.01. The topological polar surface area (TPSA) is 66.4 Å². The lowest BCUT2D eigenvalue weighted by molar-refractivity contribution is -0.136. The fraction of sp³-hybridized carbons (Fsp3) is 0.429. The number of benzene rings is 1. The van der Waals surface area contributed by atoms with E-state index in [0.717, 1.165) is 6.42 Å². The summed E-state index contributed by atoms with van der Waals surface area (Å²) in [5.41, 5.74) is 1.46. The van der Waals surface area contributed by atoms with Gasteiger partial charge < -0.3 is 10.4 Å². The highest BCUT2D eigenvalue weighted by molar-refractivity contribution is 5.95. The Hall–Kier alpha value is -1.84. The van der Waals surface area contributed by atoms with E-state index in [4.69, 9.17) is 5.11 Å². The maximum Gasteiger partial charge on any atom is 0.307 e. The zero-order valence-corrected chi connectivity index (χ0v) is 10.6. The summed E-state index contributed by atoms with van der Waals surface area (Å²) < 4.78 is 0. The number of rotatable bonds is 4. The van der Waals surface area contributed by atoms with E-state index in [2.05, 4.69) is 19.2 Å². The summed E-state index contributed by atoms with van der Waals surface area (Å²) in [4.78, 5) is 22.5. The van der Waals surface area contributed by atoms with Crippen molar-refractivity contribution in [2.45, 2.75) is 26.7 Å². The maximum atomic E-state index is 11.9. The fourth-order valence-corrected chi connectivity index (χ4v) is 2.08. The molecule has 1 aliphatic rings. The second-order valence-electron chi connectivity index (χ2n) is 5.51. The molecular formula is C14H17NO3. The summed E-state index contributed by atoms with van der Waals surface area (Å²) in [6.07, 6.45) is 0.881. The highest BCUT2D eigenvalue weighted by atomic mass is 16.4. The standard InChI is InChI=1S/C14H17NO3/c1-14(2)8-11(14)13(18)15-10-5-3-4-9(6-10)7-12(16)17/h3-6,11H,7-8H2,1-2H3,(H,15,18)(H,16,17)/t11-/m1/s1. The van der Waals surface area contributed by atoms with Crippen molar-refractivity contribution < 1.29 is 14.7 Å². The van der Waals surface area contributed by atoms with Crippen LogP contribution in [0.2, 0.25) is 0 Å². The van der Waals surface area contributed by atoms with Crippen molar-refractivity contribution in [2.24, 2.45) is 11.3 Å². The Morgan fingerprint density at radius 1 is 1.44 bits per heavy atom. The first kappa shape index (κ1) is 12.6. The minimum Gasteiger partial charge on any atom is -0.481 e. The van der Waals surface area contributed by atoms with Crippen LogP contribution in [0.25, 0.3) is 0 Å². The van der Waals surface area contributed by atoms with Gasteiger partial charge in [0.05, 0.1) is 6.42 Å². The SMILES string of the molecule is CC1(C)C[C@@H]1C(=O)Nc1cccc(CC(=O)O)c1. The number of carbonyl (C=O) groups is 2. The lowest BCUT2D eigenvalue weighted by Gasteiger charge is -2.07. The van der Waals surface area contributed by atoms with Gasteiger partial charge in [-0.3, -0.25) is 9.59 Å². The van der Waals surface area contributed by atoms with E-state index in [0.29, 0.717) is 11.3 Å². The van der Waals surface area contributed by atoms with Gasteiger partial charge in [-0.1, -0.05) is 26.0 Å². The minimum atomic E-state index is -0.873. The average molecular weight is 247 g/mol. The molecular weight excluding hydrogens is 230 g/mol. The largest absolute Gasteiger partial charge is 0.481 e. The Labute approximate surface area is 106 Å². The normalized spacial score (nSPS) is 20.2. The number of hydrogen-bond donors (Lipinski definition) is 2. The molecule has 4 nitrogen and oxygen atoms in total. The van der Waals surface area contributed by atoms with E-state index in [1.165, 1.54) is 0 Å². The minimum absolute atomic E-state index is 0.0208. The van der Waals surface area contributed by atoms with Gasteiger partial charge in [-0.2, -0.15) is 0 Å². The van der Waals surface area contributed by atoms with Gasteiger partial charge in [0.1, 0.15) is 0 Å². The molecule has 18 heavy (non-hydrogen) atoms. The molecule has 0 saturated heterocycles. The summed E-state index contributed by atoms with van der Waals surface area (Å²) in [7, 11) is 0. The van der Waals surface area contributed by atoms with E-state index in [-0.39, 0.29) is 23.7 Å². The Bertz CT molecular complexity index is 494. The van der Waals surface area contributed by atoms with Crippen molar-refractivity contribution in [3.8, 4) is 0 Å². The second-order valence-corrected chi connectivity index (χ2v) is 5.51. The molecule has 1 aromatic carbocycles. The molecule has 0 spiro atoms. The van der Waals surface area contributed by atoms with Gasteiger partial charge in [0.25, 0.3) is 0 Å². The molecule has 1 saturated carbocycles. The van der Waals surface area contributed by atoms with Gasteiger partial charge in [-0.25, -0.2) is 0 Å². The zero-order valence-electron chi connectivity index (χ0n) is 10.6. The summed E-state index contributed by atoms with van der Waals surface area (Å²) in [5, 5.41) is 11.6. The van der Waals surface area contributed by atoms with Gasteiger partial charge in [-0.15, -0.1) is 0 Å². The van der Waals surface area contributed by atoms with Crippen LogP contribution in [0.1, 0.15) is 25.8 Å². The lowest BCUT2D eigenvalue weighted by Crippen LogP contribution is -2.16. The first-order valence-electron chi connectivity index (χ1n) is 6.00. The maximum absolute atomic E-state index is 11.9. The molecule has 2 rings (SSSR count). The van der Waals surface area contributed by atoms with E-state index in [1.54, 1.807) is 24.3 Å². The molecule has 0 heterocycles. The van der Waals surface area contributed by atoms with Crippen LogP contribution in [-0.2, 0) is 16.0 Å². The third-order valence-corrected chi connectivity index (χ3v) is 3.38. The predicted octanol–water partition coefficient (Wildman–Crippen LogP) is 2.30. The van der Waals surface area contributed by atoms with Crippen LogP contribution >= 0.6 is 0 Å². The van der Waals surface area contributed by atoms with Gasteiger partial charge in [0.15, 0.2) is 0 Å². The number of amides is 1. The molecule has 0 unspecified atom stereocenters. The highest BCUT2D eigenvalue weighted by Gasteiger charge is 2.50. The summed E-state index contributed by atoms with van der Waals surface area (Å²) in [6, 6.07) is 6.98. The van der Waals surface area contributed by atoms with Crippen LogP contribution in [0, 0.1) is 11.3 Å². The predicted molar refractivity (Wildman–Crippen MR) is 68.3 cm³/mol. The molecule has 0 bridgehead atoms. The molecule has 96 valence electrons. The van der Waals surface area contributed by atoms with Gasteiger partial charge in [-0.05, 0) is 29.5 Å². The molecule has 4 heteroatoms. The highest BCUT2D eigenvalue weighted by Crippen LogP contribution is 2.51. The Morgan fingerprint density at radius 2 is 2.11 bits per heavy atom. The molecule has 1 aliphatic carbocycles. The number of hydrogen-bond acceptors (Lipinski definition) is 2. The number of carboxylic acid groups (broad SMARTS) is 1. The summed E-state index contributed by atoms with van der Waals surface area (Å²) >= 11 is 0. The van der Waals surface area contributed by atoms with E-state index in [1.807, 2.05) is 0 Å². The molecule has 1 atom stereocenters. The van der Waals surface area contributed by atoms with Crippen LogP contribution in [-0.4, -0.2) is 17.0 Å². The Kier molecular flexibility index (Phi) is 3.11. The Morgan fingerprint density at radius 3 is 2.67 bits per heavy atom. The quantitative estimate of drug-likeness (QED) is 0.858. The van der Waals surface area contributed by atoms with E-state index >= 15 is 0 Å². The first-order valence-corrected chi connectivity index (χ1v) is 6.00. The summed E-state index contributed by atoms with van der Waals surface area (Å²) in [6.45, 7) is 4.14. The lowest BCUT2D eigenvalue weighted by atomic mass is 10.1. The number of anilines is 1. The number of nitrogens with one attached hydrogen (secondary N) is 1. The molecule has 1 aromatic rings. The van der Waals surface area contributed by atoms with Crippen molar-refractivity contribution >= 4 is 17.6 Å². The molecule has 1 fully saturated rings. The van der Waals surface area contributed by atoms with Crippen molar-refractivity contribution in [3.63, 3.8) is 0 Å². The van der Waals surface area contributed by atoms with Crippen LogP contribution in [0.3, 0.4) is 0 Å². The number of aliphatic carboxylic acids is 1. The van der Waals surface area contributed by atoms with Crippen molar-refractivity contribution in [1.82, 2.24) is 0 Å². The van der Waals surface area contributed by atoms with Gasteiger partial charge >= 0.3 is 5.97 Å². The smallest absolute Gasteiger partial charge is 0.307 e. The monoisotopic (exact) mass is 247 g/mol. The van der Waals surface area contributed by atoms with Crippen molar-refractivity contribution in [3.05, 3.63) is 29.8 Å². The molecule has 2 N–H and O–H groups in total. The second kappa shape index (κ2) is 4.44. The average Bonchev–Trinajstić information content (AvgIpc) is 2.87. The van der Waals surface area contributed by atoms with Crippen LogP contribution in [0.5, 0.6) is 0 Å². The summed E-state index contributed by atoms with van der Waals surface area (Å²) in [5.74, 6) is -0.782. The van der Waals surface area contributed by atoms with Gasteiger partial charge in [0.2, 0.25) is 5.91 Å². The van der Waals surface area contributed by atoms with Crippen LogP contribution in [0.4, 0.5) is 5.69 Å². The molecule has 0 radical (unpaired) electrons. The third-order valence-electron chi connectivity index (χ3n) is 3.38. The third kappa shape index (κ3) is 2.88. The molecule has 0 aromatic heterocycles. The van der Waals surface area contributed by atoms with Gasteiger partial charge in [0, 0.05) is 11.6 Å². The zero-order chi connectivity index (χ0) is 13.3. The molecule has 1 amide bonds. The van der Waals surface area contributed by atoms with Crippen LogP contribution in [0.15, 0.2) is 24.3 Å². The molecule has 0 aliphatic heterocycles. The van der Waals surface area contributed by atoms with E-state index in [9.17, 15) is 9.59 Å². The first-order chi connectivity index (χ1) is 8.38. The van der Waals surface area contributed by atoms with Crippen molar-refractivity contribution in [2.75, 3.05) is 5.32 Å². The van der Waals surface area contributed by atoms with E-state index < -0.39 is 5.97 Å². The fourth-order valence-electron chi connectivity index (χ4n) is 2.08. The number of carboxylic acids is 1. The number of carbonyl (C=O) groups excluding carboxylic acids is 1.